The Morgan fingerprint density at radius 1 is 1.11 bits per heavy atom. The zero-order valence-electron chi connectivity index (χ0n) is 15.0. The highest BCUT2D eigenvalue weighted by Gasteiger charge is 2.22. The van der Waals surface area contributed by atoms with Crippen LogP contribution in [-0.4, -0.2) is 17.0 Å². The lowest BCUT2D eigenvalue weighted by molar-refractivity contribution is -0.384. The lowest BCUT2D eigenvalue weighted by Gasteiger charge is -2.12. The zero-order valence-corrected chi connectivity index (χ0v) is 15.0. The number of nitrogens with one attached hydrogen (secondary N) is 2. The highest BCUT2D eigenvalue weighted by Crippen LogP contribution is 2.34. The number of rotatable bonds is 5. The average molecular weight is 360 g/mol. The van der Waals surface area contributed by atoms with Crippen LogP contribution in [0.4, 0.5) is 17.2 Å². The molecule has 1 heterocycles. The van der Waals surface area contributed by atoms with Crippen molar-refractivity contribution < 1.29 is 4.92 Å². The summed E-state index contributed by atoms with van der Waals surface area (Å²) in [7, 11) is 1.97. The fourth-order valence-corrected chi connectivity index (χ4v) is 3.59. The number of benzene rings is 2. The smallest absolute Gasteiger partial charge is 0.311 e. The number of aromatic nitrogens is 1. The second kappa shape index (κ2) is 7.17. The lowest BCUT2D eigenvalue weighted by atomic mass is 10.1. The fourth-order valence-electron chi connectivity index (χ4n) is 3.59. The maximum atomic E-state index is 11.4. The van der Waals surface area contributed by atoms with Crippen LogP contribution in [0.2, 0.25) is 0 Å². The predicted molar refractivity (Wildman–Crippen MR) is 106 cm³/mol. The molecule has 1 aromatic heterocycles. The van der Waals surface area contributed by atoms with E-state index in [1.807, 2.05) is 43.4 Å². The molecule has 0 bridgehead atoms. The van der Waals surface area contributed by atoms with Gasteiger partial charge in [0.2, 0.25) is 5.82 Å². The first-order chi connectivity index (χ1) is 13.2. The van der Waals surface area contributed by atoms with Crippen LogP contribution in [0.5, 0.6) is 0 Å². The van der Waals surface area contributed by atoms with Crippen molar-refractivity contribution in [3.63, 3.8) is 0 Å². The molecule has 1 aliphatic carbocycles. The van der Waals surface area contributed by atoms with Crippen LogP contribution in [0.15, 0.2) is 60.7 Å². The fraction of sp³-hybridized carbons (Fsp3) is 0.190. The molecular formula is C21H20N4O2. The molecule has 0 saturated heterocycles. The Labute approximate surface area is 157 Å². The summed E-state index contributed by atoms with van der Waals surface area (Å²) in [6.45, 7) is 0. The number of nitro groups is 1. The van der Waals surface area contributed by atoms with Crippen molar-refractivity contribution in [1.82, 2.24) is 10.3 Å². The predicted octanol–water partition coefficient (Wildman–Crippen LogP) is 4.61. The van der Waals surface area contributed by atoms with Gasteiger partial charge in [0.15, 0.2) is 0 Å². The molecule has 6 heteroatoms. The van der Waals surface area contributed by atoms with Gasteiger partial charge in [-0.25, -0.2) is 4.98 Å². The van der Waals surface area contributed by atoms with Gasteiger partial charge in [-0.05, 0) is 49.2 Å². The van der Waals surface area contributed by atoms with Crippen molar-refractivity contribution in [3.05, 3.63) is 81.9 Å². The number of pyridine rings is 1. The summed E-state index contributed by atoms with van der Waals surface area (Å²) < 4.78 is 0. The molecule has 1 atom stereocenters. The van der Waals surface area contributed by atoms with Crippen LogP contribution in [0.1, 0.15) is 23.6 Å². The van der Waals surface area contributed by atoms with Crippen LogP contribution in [-0.2, 0) is 6.42 Å². The van der Waals surface area contributed by atoms with Gasteiger partial charge >= 0.3 is 5.69 Å². The van der Waals surface area contributed by atoms with Gasteiger partial charge in [0, 0.05) is 23.4 Å². The van der Waals surface area contributed by atoms with Gasteiger partial charge in [-0.3, -0.25) is 10.1 Å². The molecule has 0 radical (unpaired) electrons. The average Bonchev–Trinajstić information content (AvgIpc) is 3.11. The molecule has 4 rings (SSSR count). The largest absolute Gasteiger partial charge is 0.334 e. The Morgan fingerprint density at radius 2 is 1.93 bits per heavy atom. The molecule has 6 nitrogen and oxygen atoms in total. The summed E-state index contributed by atoms with van der Waals surface area (Å²) in [5, 5.41) is 17.9. The van der Waals surface area contributed by atoms with Gasteiger partial charge < -0.3 is 10.6 Å². The van der Waals surface area contributed by atoms with Crippen LogP contribution in [0.25, 0.3) is 11.3 Å². The van der Waals surface area contributed by atoms with Crippen molar-refractivity contribution in [2.45, 2.75) is 18.9 Å². The standard InChI is InChI=1S/C21H20N4O2/c1-22-19-10-7-15-13-16(8-9-17(15)19)23-21-20(25(26)27)12-11-18(24-21)14-5-3-2-4-6-14/h2-6,8-9,11-13,19,22H,7,10H2,1H3,(H,23,24). The molecule has 0 fully saturated rings. The number of aryl methyl sites for hydroxylation is 1. The second-order valence-electron chi connectivity index (χ2n) is 6.61. The molecule has 2 N–H and O–H groups in total. The third-order valence-corrected chi connectivity index (χ3v) is 4.97. The van der Waals surface area contributed by atoms with E-state index in [4.69, 9.17) is 0 Å². The first-order valence-electron chi connectivity index (χ1n) is 8.93. The third kappa shape index (κ3) is 3.39. The molecule has 2 aromatic carbocycles. The first kappa shape index (κ1) is 17.2. The van der Waals surface area contributed by atoms with Gasteiger partial charge in [0.25, 0.3) is 0 Å². The first-order valence-corrected chi connectivity index (χ1v) is 8.93. The van der Waals surface area contributed by atoms with Gasteiger partial charge in [-0.2, -0.15) is 0 Å². The van der Waals surface area contributed by atoms with Crippen LogP contribution in [0, 0.1) is 10.1 Å². The topological polar surface area (TPSA) is 80.1 Å². The highest BCUT2D eigenvalue weighted by atomic mass is 16.6. The van der Waals surface area contributed by atoms with Gasteiger partial charge in [-0.1, -0.05) is 36.4 Å². The molecule has 136 valence electrons. The molecule has 0 aliphatic heterocycles. The number of hydrogen-bond donors (Lipinski definition) is 2. The van der Waals surface area contributed by atoms with E-state index >= 15 is 0 Å². The second-order valence-corrected chi connectivity index (χ2v) is 6.61. The summed E-state index contributed by atoms with van der Waals surface area (Å²) in [4.78, 5) is 15.6. The van der Waals surface area contributed by atoms with E-state index in [0.717, 1.165) is 24.1 Å². The summed E-state index contributed by atoms with van der Waals surface area (Å²) in [6.07, 6.45) is 2.06. The van der Waals surface area contributed by atoms with Crippen molar-refractivity contribution in [1.29, 1.82) is 0 Å². The molecule has 1 aliphatic rings. The molecule has 3 aromatic rings. The summed E-state index contributed by atoms with van der Waals surface area (Å²) in [5.41, 5.74) is 4.95. The Hall–Kier alpha value is -3.25. The van der Waals surface area contributed by atoms with Gasteiger partial charge in [-0.15, -0.1) is 0 Å². The summed E-state index contributed by atoms with van der Waals surface area (Å²) >= 11 is 0. The molecular weight excluding hydrogens is 340 g/mol. The number of fused-ring (bicyclic) bond motifs is 1. The minimum atomic E-state index is -0.408. The van der Waals surface area contributed by atoms with Crippen molar-refractivity contribution in [2.75, 3.05) is 12.4 Å². The maximum absolute atomic E-state index is 11.4. The van der Waals surface area contributed by atoms with Crippen LogP contribution < -0.4 is 10.6 Å². The normalized spacial score (nSPS) is 15.4. The van der Waals surface area contributed by atoms with Gasteiger partial charge in [0.05, 0.1) is 10.6 Å². The number of anilines is 2. The summed E-state index contributed by atoms with van der Waals surface area (Å²) in [5.74, 6) is 0.254. The van der Waals surface area contributed by atoms with Crippen LogP contribution in [0.3, 0.4) is 0 Å². The Morgan fingerprint density at radius 3 is 2.67 bits per heavy atom. The molecule has 27 heavy (non-hydrogen) atoms. The van der Waals surface area contributed by atoms with E-state index in [0.29, 0.717) is 11.7 Å². The Bertz CT molecular complexity index is 989. The van der Waals surface area contributed by atoms with Gasteiger partial charge in [0.1, 0.15) is 0 Å². The van der Waals surface area contributed by atoms with E-state index in [-0.39, 0.29) is 11.5 Å². The zero-order chi connectivity index (χ0) is 18.8. The third-order valence-electron chi connectivity index (χ3n) is 4.97. The minimum absolute atomic E-state index is 0.0386. The molecule has 0 saturated carbocycles. The van der Waals surface area contributed by atoms with E-state index in [1.165, 1.54) is 17.2 Å². The van der Waals surface area contributed by atoms with Crippen molar-refractivity contribution in [2.24, 2.45) is 0 Å². The van der Waals surface area contributed by atoms with E-state index < -0.39 is 4.92 Å². The summed E-state index contributed by atoms with van der Waals surface area (Å²) in [6, 6.07) is 19.3. The Balaban J connectivity index is 1.69. The lowest BCUT2D eigenvalue weighted by Crippen LogP contribution is -2.12. The monoisotopic (exact) mass is 360 g/mol. The van der Waals surface area contributed by atoms with E-state index in [9.17, 15) is 10.1 Å². The molecule has 1 unspecified atom stereocenters. The SMILES string of the molecule is CNC1CCc2cc(Nc3nc(-c4ccccc4)ccc3[N+](=O)[O-])ccc21. The number of nitrogens with zero attached hydrogens (tertiary/aromatic N) is 2. The van der Waals surface area contributed by atoms with E-state index in [2.05, 4.69) is 27.8 Å². The van der Waals surface area contributed by atoms with Crippen molar-refractivity contribution >= 4 is 17.2 Å². The Kier molecular flexibility index (Phi) is 4.56. The molecule has 0 amide bonds. The minimum Gasteiger partial charge on any atom is -0.334 e. The highest BCUT2D eigenvalue weighted by molar-refractivity contribution is 5.71. The van der Waals surface area contributed by atoms with Crippen LogP contribution >= 0.6 is 0 Å². The number of hydrogen-bond acceptors (Lipinski definition) is 5. The molecule has 0 spiro atoms. The maximum Gasteiger partial charge on any atom is 0.311 e. The van der Waals surface area contributed by atoms with E-state index in [1.54, 1.807) is 6.07 Å². The quantitative estimate of drug-likeness (QED) is 0.513. The van der Waals surface area contributed by atoms with Crippen molar-refractivity contribution in [3.8, 4) is 11.3 Å².